The first-order valence-corrected chi connectivity index (χ1v) is 7.06. The van der Waals surface area contributed by atoms with E-state index in [0.717, 1.165) is 42.9 Å². The van der Waals surface area contributed by atoms with Gasteiger partial charge in [0.25, 0.3) is 5.91 Å². The molecule has 1 aromatic heterocycles. The summed E-state index contributed by atoms with van der Waals surface area (Å²) in [6.07, 6.45) is 1.68. The molecule has 1 aliphatic heterocycles. The second kappa shape index (κ2) is 5.93. The van der Waals surface area contributed by atoms with Gasteiger partial charge in [0.05, 0.1) is 0 Å². The molecule has 1 aliphatic rings. The van der Waals surface area contributed by atoms with Crippen molar-refractivity contribution >= 4 is 11.7 Å². The van der Waals surface area contributed by atoms with Gasteiger partial charge in [-0.15, -0.1) is 0 Å². The van der Waals surface area contributed by atoms with E-state index in [1.165, 1.54) is 0 Å². The van der Waals surface area contributed by atoms with Crippen LogP contribution in [-0.2, 0) is 0 Å². The van der Waals surface area contributed by atoms with Crippen molar-refractivity contribution in [3.05, 3.63) is 48.2 Å². The van der Waals surface area contributed by atoms with Gasteiger partial charge in [0, 0.05) is 37.9 Å². The molecule has 5 nitrogen and oxygen atoms in total. The Morgan fingerprint density at radius 1 is 1.10 bits per heavy atom. The van der Waals surface area contributed by atoms with E-state index >= 15 is 0 Å². The Kier molecular flexibility index (Phi) is 3.83. The van der Waals surface area contributed by atoms with Crippen molar-refractivity contribution in [1.29, 1.82) is 0 Å². The summed E-state index contributed by atoms with van der Waals surface area (Å²) in [5.41, 5.74) is 8.45. The minimum Gasteiger partial charge on any atom is -0.384 e. The summed E-state index contributed by atoms with van der Waals surface area (Å²) in [6, 6.07) is 11.4. The molecule has 2 aromatic rings. The van der Waals surface area contributed by atoms with Crippen LogP contribution < -0.4 is 11.1 Å². The molecule has 0 bridgehead atoms. The van der Waals surface area contributed by atoms with Gasteiger partial charge < -0.3 is 16.0 Å². The predicted molar refractivity (Wildman–Crippen MR) is 82.9 cm³/mol. The van der Waals surface area contributed by atoms with Crippen LogP contribution in [0.25, 0.3) is 11.1 Å². The normalized spacial score (nSPS) is 15.0. The maximum Gasteiger partial charge on any atom is 0.253 e. The molecular weight excluding hydrogens is 264 g/mol. The third kappa shape index (κ3) is 3.03. The fourth-order valence-electron chi connectivity index (χ4n) is 2.48. The molecule has 0 unspecified atom stereocenters. The summed E-state index contributed by atoms with van der Waals surface area (Å²) in [6.45, 7) is 3.25. The zero-order chi connectivity index (χ0) is 14.7. The number of nitrogens with zero attached hydrogens (tertiary/aromatic N) is 2. The second-order valence-electron chi connectivity index (χ2n) is 5.09. The molecule has 0 spiro atoms. The number of anilines is 1. The molecule has 1 saturated heterocycles. The predicted octanol–water partition coefficient (Wildman–Crippen LogP) is 1.38. The summed E-state index contributed by atoms with van der Waals surface area (Å²) in [7, 11) is 0. The van der Waals surface area contributed by atoms with Gasteiger partial charge in [-0.1, -0.05) is 12.1 Å². The summed E-state index contributed by atoms with van der Waals surface area (Å²) < 4.78 is 0. The molecule has 1 amide bonds. The molecule has 21 heavy (non-hydrogen) atoms. The van der Waals surface area contributed by atoms with Crippen LogP contribution in [0.3, 0.4) is 0 Å². The third-order valence-electron chi connectivity index (χ3n) is 3.65. The van der Waals surface area contributed by atoms with Crippen molar-refractivity contribution in [2.24, 2.45) is 0 Å². The zero-order valence-corrected chi connectivity index (χ0v) is 11.7. The van der Waals surface area contributed by atoms with E-state index in [4.69, 9.17) is 5.73 Å². The Bertz CT molecular complexity index is 633. The Morgan fingerprint density at radius 3 is 2.48 bits per heavy atom. The molecule has 3 N–H and O–H groups in total. The van der Waals surface area contributed by atoms with Crippen LogP contribution in [0.15, 0.2) is 42.6 Å². The standard InChI is InChI=1S/C16H18N4O/c17-15-11-14(5-6-19-15)12-1-3-13(4-2-12)16(21)20-9-7-18-8-10-20/h1-6,11,18H,7-10H2,(H2,17,19). The van der Waals surface area contributed by atoms with Crippen molar-refractivity contribution in [2.75, 3.05) is 31.9 Å². The van der Waals surface area contributed by atoms with Gasteiger partial charge in [-0.25, -0.2) is 4.98 Å². The van der Waals surface area contributed by atoms with Crippen molar-refractivity contribution in [1.82, 2.24) is 15.2 Å². The van der Waals surface area contributed by atoms with Gasteiger partial charge in [-0.05, 0) is 35.4 Å². The van der Waals surface area contributed by atoms with Crippen molar-refractivity contribution < 1.29 is 4.79 Å². The third-order valence-corrected chi connectivity index (χ3v) is 3.65. The Labute approximate surface area is 123 Å². The fourth-order valence-corrected chi connectivity index (χ4v) is 2.48. The minimum atomic E-state index is 0.0947. The molecule has 1 fully saturated rings. The lowest BCUT2D eigenvalue weighted by atomic mass is 10.0. The lowest BCUT2D eigenvalue weighted by Crippen LogP contribution is -2.46. The topological polar surface area (TPSA) is 71.2 Å². The van der Waals surface area contributed by atoms with Crippen LogP contribution in [0.2, 0.25) is 0 Å². The van der Waals surface area contributed by atoms with Crippen LogP contribution in [-0.4, -0.2) is 42.0 Å². The summed E-state index contributed by atoms with van der Waals surface area (Å²) >= 11 is 0. The quantitative estimate of drug-likeness (QED) is 0.873. The highest BCUT2D eigenvalue weighted by Crippen LogP contribution is 2.21. The average Bonchev–Trinajstić information content (AvgIpc) is 2.55. The minimum absolute atomic E-state index is 0.0947. The molecule has 3 rings (SSSR count). The van der Waals surface area contributed by atoms with Gasteiger partial charge in [0.1, 0.15) is 5.82 Å². The van der Waals surface area contributed by atoms with E-state index in [9.17, 15) is 4.79 Å². The van der Waals surface area contributed by atoms with E-state index in [1.807, 2.05) is 41.3 Å². The highest BCUT2D eigenvalue weighted by atomic mass is 16.2. The number of hydrogen-bond donors (Lipinski definition) is 2. The van der Waals surface area contributed by atoms with E-state index in [0.29, 0.717) is 5.82 Å². The van der Waals surface area contributed by atoms with Crippen LogP contribution in [0.4, 0.5) is 5.82 Å². The maximum absolute atomic E-state index is 12.4. The number of carbonyl (C=O) groups excluding carboxylic acids is 1. The highest BCUT2D eigenvalue weighted by Gasteiger charge is 2.17. The SMILES string of the molecule is Nc1cc(-c2ccc(C(=O)N3CCNCC3)cc2)ccn1. The van der Waals surface area contributed by atoms with E-state index in [2.05, 4.69) is 10.3 Å². The van der Waals surface area contributed by atoms with E-state index in [-0.39, 0.29) is 5.91 Å². The van der Waals surface area contributed by atoms with E-state index in [1.54, 1.807) is 6.20 Å². The first-order chi connectivity index (χ1) is 10.2. The number of aromatic nitrogens is 1. The second-order valence-corrected chi connectivity index (χ2v) is 5.09. The number of rotatable bonds is 2. The van der Waals surface area contributed by atoms with E-state index < -0.39 is 0 Å². The lowest BCUT2D eigenvalue weighted by Gasteiger charge is -2.27. The molecule has 0 radical (unpaired) electrons. The number of benzene rings is 1. The highest BCUT2D eigenvalue weighted by molar-refractivity contribution is 5.94. The maximum atomic E-state index is 12.4. The van der Waals surface area contributed by atoms with Gasteiger partial charge in [-0.3, -0.25) is 4.79 Å². The number of piperazine rings is 1. The van der Waals surface area contributed by atoms with Crippen LogP contribution in [0.1, 0.15) is 10.4 Å². The Hall–Kier alpha value is -2.40. The number of carbonyl (C=O) groups is 1. The largest absolute Gasteiger partial charge is 0.384 e. The molecule has 0 saturated carbocycles. The molecular formula is C16H18N4O. The number of nitrogens with one attached hydrogen (secondary N) is 1. The number of pyridine rings is 1. The van der Waals surface area contributed by atoms with Gasteiger partial charge in [0.15, 0.2) is 0 Å². The van der Waals surface area contributed by atoms with Crippen LogP contribution in [0, 0.1) is 0 Å². The molecule has 1 aromatic carbocycles. The van der Waals surface area contributed by atoms with Gasteiger partial charge in [-0.2, -0.15) is 0 Å². The van der Waals surface area contributed by atoms with Gasteiger partial charge >= 0.3 is 0 Å². The van der Waals surface area contributed by atoms with Crippen LogP contribution in [0.5, 0.6) is 0 Å². The molecule has 5 heteroatoms. The molecule has 0 aliphatic carbocycles. The summed E-state index contributed by atoms with van der Waals surface area (Å²) in [4.78, 5) is 18.2. The number of amides is 1. The first kappa shape index (κ1) is 13.6. The van der Waals surface area contributed by atoms with Crippen molar-refractivity contribution in [3.8, 4) is 11.1 Å². The number of hydrogen-bond acceptors (Lipinski definition) is 4. The number of nitrogens with two attached hydrogens (primary N) is 1. The van der Waals surface area contributed by atoms with Gasteiger partial charge in [0.2, 0.25) is 0 Å². The lowest BCUT2D eigenvalue weighted by molar-refractivity contribution is 0.0736. The van der Waals surface area contributed by atoms with Crippen molar-refractivity contribution in [2.45, 2.75) is 0 Å². The fraction of sp³-hybridized carbons (Fsp3) is 0.250. The molecule has 108 valence electrons. The Morgan fingerprint density at radius 2 is 1.81 bits per heavy atom. The Balaban J connectivity index is 1.79. The summed E-state index contributed by atoms with van der Waals surface area (Å²) in [5, 5.41) is 3.25. The average molecular weight is 282 g/mol. The smallest absolute Gasteiger partial charge is 0.253 e. The monoisotopic (exact) mass is 282 g/mol. The zero-order valence-electron chi connectivity index (χ0n) is 11.7. The van der Waals surface area contributed by atoms with Crippen molar-refractivity contribution in [3.63, 3.8) is 0 Å². The first-order valence-electron chi connectivity index (χ1n) is 7.06. The van der Waals surface area contributed by atoms with Crippen LogP contribution >= 0.6 is 0 Å². The summed E-state index contributed by atoms with van der Waals surface area (Å²) in [5.74, 6) is 0.589. The number of nitrogen functional groups attached to an aromatic ring is 1. The molecule has 2 heterocycles. The molecule has 0 atom stereocenters.